The Balaban J connectivity index is 1.70. The zero-order chi connectivity index (χ0) is 24.7. The highest BCUT2D eigenvalue weighted by molar-refractivity contribution is 7.15. The third-order valence-corrected chi connectivity index (χ3v) is 6.36. The van der Waals surface area contributed by atoms with Crippen molar-refractivity contribution < 1.29 is 4.74 Å². The van der Waals surface area contributed by atoms with Crippen molar-refractivity contribution in [1.82, 2.24) is 24.4 Å². The van der Waals surface area contributed by atoms with Gasteiger partial charge in [-0.2, -0.15) is 19.7 Å². The van der Waals surface area contributed by atoms with Gasteiger partial charge in [-0.25, -0.2) is 4.68 Å². The summed E-state index contributed by atoms with van der Waals surface area (Å²) in [6.45, 7) is 7.52. The number of aromatic nitrogens is 5. The van der Waals surface area contributed by atoms with E-state index in [1.807, 2.05) is 75.5 Å². The summed E-state index contributed by atoms with van der Waals surface area (Å²) in [7, 11) is 0. The van der Waals surface area contributed by atoms with Gasteiger partial charge in [0.1, 0.15) is 17.1 Å². The SMILES string of the molecule is Cc1cc(-c2nn(-c3ccccc3)cc2/C=c2/sc3nc(=O)c(C)nn3c2=O)ccc1OC(C)C. The van der Waals surface area contributed by atoms with Crippen LogP contribution in [0.15, 0.2) is 64.3 Å². The van der Waals surface area contributed by atoms with E-state index in [0.29, 0.717) is 4.53 Å². The second-order valence-electron chi connectivity index (χ2n) is 8.47. The molecule has 0 radical (unpaired) electrons. The Kier molecular flexibility index (Phi) is 5.78. The first kappa shape index (κ1) is 22.7. The Labute approximate surface area is 204 Å². The maximum atomic E-state index is 13.0. The summed E-state index contributed by atoms with van der Waals surface area (Å²) in [4.78, 5) is 29.2. The standard InChI is InChI=1S/C26H23N5O3S/c1-15(2)34-21-11-10-18(12-16(21)3)23-19(14-30(29-23)20-8-6-5-7-9-20)13-22-25(33)31-26(35-22)27-24(32)17(4)28-31/h5-15H,1-4H3/b22-13+. The minimum atomic E-state index is -0.436. The molecule has 0 aliphatic carbocycles. The molecule has 0 N–H and O–H groups in total. The Morgan fingerprint density at radius 1 is 1.03 bits per heavy atom. The van der Waals surface area contributed by atoms with Crippen LogP contribution in [0.5, 0.6) is 5.75 Å². The average Bonchev–Trinajstić information content (AvgIpc) is 3.38. The van der Waals surface area contributed by atoms with Gasteiger partial charge in [-0.3, -0.25) is 9.59 Å². The van der Waals surface area contributed by atoms with E-state index in [9.17, 15) is 9.59 Å². The molecule has 0 saturated heterocycles. The lowest BCUT2D eigenvalue weighted by molar-refractivity contribution is 0.241. The van der Waals surface area contributed by atoms with Crippen molar-refractivity contribution in [1.29, 1.82) is 0 Å². The lowest BCUT2D eigenvalue weighted by Crippen LogP contribution is -2.27. The van der Waals surface area contributed by atoms with Gasteiger partial charge in [0.15, 0.2) is 0 Å². The zero-order valence-corrected chi connectivity index (χ0v) is 20.5. The Morgan fingerprint density at radius 2 is 1.80 bits per heavy atom. The number of ether oxygens (including phenoxy) is 1. The molecule has 3 heterocycles. The predicted molar refractivity (Wildman–Crippen MR) is 136 cm³/mol. The highest BCUT2D eigenvalue weighted by Gasteiger charge is 2.15. The van der Waals surface area contributed by atoms with E-state index in [0.717, 1.165) is 45.2 Å². The van der Waals surface area contributed by atoms with Gasteiger partial charge < -0.3 is 4.74 Å². The highest BCUT2D eigenvalue weighted by Crippen LogP contribution is 2.29. The summed E-state index contributed by atoms with van der Waals surface area (Å²) in [5.74, 6) is 0.820. The van der Waals surface area contributed by atoms with Crippen LogP contribution in [0, 0.1) is 13.8 Å². The molecular formula is C26H23N5O3S. The van der Waals surface area contributed by atoms with Crippen LogP contribution in [0.25, 0.3) is 28.0 Å². The quantitative estimate of drug-likeness (QED) is 0.379. The molecular weight excluding hydrogens is 462 g/mol. The van der Waals surface area contributed by atoms with Crippen molar-refractivity contribution >= 4 is 22.4 Å². The number of hydrogen-bond acceptors (Lipinski definition) is 7. The molecule has 5 aromatic rings. The molecule has 0 saturated carbocycles. The maximum Gasteiger partial charge on any atom is 0.295 e. The van der Waals surface area contributed by atoms with Crippen molar-refractivity contribution in [2.24, 2.45) is 0 Å². The molecule has 0 bridgehead atoms. The van der Waals surface area contributed by atoms with E-state index in [4.69, 9.17) is 9.84 Å². The second-order valence-corrected chi connectivity index (χ2v) is 9.48. The number of nitrogens with zero attached hydrogens (tertiary/aromatic N) is 5. The summed E-state index contributed by atoms with van der Waals surface area (Å²) in [6, 6.07) is 15.7. The third-order valence-electron chi connectivity index (χ3n) is 5.40. The van der Waals surface area contributed by atoms with Crippen molar-refractivity contribution in [3.8, 4) is 22.7 Å². The van der Waals surface area contributed by atoms with Gasteiger partial charge in [-0.1, -0.05) is 29.5 Å². The van der Waals surface area contributed by atoms with Gasteiger partial charge in [0.05, 0.1) is 16.3 Å². The van der Waals surface area contributed by atoms with E-state index in [1.54, 1.807) is 17.7 Å². The van der Waals surface area contributed by atoms with Crippen LogP contribution in [0.3, 0.4) is 0 Å². The number of hydrogen-bond donors (Lipinski definition) is 0. The molecule has 2 aromatic carbocycles. The third kappa shape index (κ3) is 4.38. The molecule has 0 spiro atoms. The predicted octanol–water partition coefficient (Wildman–Crippen LogP) is 3.32. The van der Waals surface area contributed by atoms with Gasteiger partial charge in [-0.15, -0.1) is 0 Å². The number of thiazole rings is 1. The van der Waals surface area contributed by atoms with E-state index in [-0.39, 0.29) is 22.3 Å². The summed E-state index contributed by atoms with van der Waals surface area (Å²) < 4.78 is 9.27. The van der Waals surface area contributed by atoms with Crippen molar-refractivity contribution in [2.45, 2.75) is 33.8 Å². The van der Waals surface area contributed by atoms with Crippen LogP contribution in [-0.2, 0) is 0 Å². The Hall–Kier alpha value is -4.11. The molecule has 0 aliphatic heterocycles. The lowest BCUT2D eigenvalue weighted by Gasteiger charge is -2.13. The molecule has 3 aromatic heterocycles. The van der Waals surface area contributed by atoms with Crippen LogP contribution in [-0.4, -0.2) is 30.5 Å². The summed E-state index contributed by atoms with van der Waals surface area (Å²) >= 11 is 1.13. The van der Waals surface area contributed by atoms with E-state index in [1.165, 1.54) is 4.52 Å². The first-order valence-electron chi connectivity index (χ1n) is 11.1. The second kappa shape index (κ2) is 8.92. The molecule has 176 valence electrons. The van der Waals surface area contributed by atoms with E-state index < -0.39 is 5.56 Å². The van der Waals surface area contributed by atoms with Crippen molar-refractivity contribution in [3.63, 3.8) is 0 Å². The number of para-hydroxylation sites is 1. The highest BCUT2D eigenvalue weighted by atomic mass is 32.1. The van der Waals surface area contributed by atoms with Gasteiger partial charge >= 0.3 is 0 Å². The van der Waals surface area contributed by atoms with Crippen LogP contribution < -0.4 is 20.4 Å². The zero-order valence-electron chi connectivity index (χ0n) is 19.7. The fourth-order valence-electron chi connectivity index (χ4n) is 3.74. The number of benzene rings is 2. The monoisotopic (exact) mass is 485 g/mol. The maximum absolute atomic E-state index is 13.0. The summed E-state index contributed by atoms with van der Waals surface area (Å²) in [5.41, 5.74) is 3.68. The lowest BCUT2D eigenvalue weighted by atomic mass is 10.0. The smallest absolute Gasteiger partial charge is 0.295 e. The molecule has 0 unspecified atom stereocenters. The van der Waals surface area contributed by atoms with Gasteiger partial charge in [0.2, 0.25) is 4.96 Å². The Bertz CT molecular complexity index is 1720. The van der Waals surface area contributed by atoms with Crippen molar-refractivity contribution in [2.75, 3.05) is 0 Å². The molecule has 0 atom stereocenters. The minimum absolute atomic E-state index is 0.0714. The summed E-state index contributed by atoms with van der Waals surface area (Å²) in [5, 5.41) is 8.95. The molecule has 0 amide bonds. The fraction of sp³-hybridized carbons (Fsp3) is 0.192. The largest absolute Gasteiger partial charge is 0.491 e. The molecule has 0 fully saturated rings. The van der Waals surface area contributed by atoms with E-state index in [2.05, 4.69) is 10.1 Å². The van der Waals surface area contributed by atoms with Gasteiger partial charge in [-0.05, 0) is 69.7 Å². The average molecular weight is 486 g/mol. The Morgan fingerprint density at radius 3 is 2.51 bits per heavy atom. The fourth-order valence-corrected chi connectivity index (χ4v) is 4.64. The molecule has 5 rings (SSSR count). The number of aryl methyl sites for hydroxylation is 2. The normalized spacial score (nSPS) is 12.1. The van der Waals surface area contributed by atoms with Crippen molar-refractivity contribution in [3.05, 3.63) is 96.8 Å². The van der Waals surface area contributed by atoms with Crippen LogP contribution in [0.4, 0.5) is 0 Å². The number of fused-ring (bicyclic) bond motifs is 1. The molecule has 0 aliphatic rings. The van der Waals surface area contributed by atoms with Crippen LogP contribution in [0.1, 0.15) is 30.7 Å². The minimum Gasteiger partial charge on any atom is -0.491 e. The molecule has 9 heteroatoms. The van der Waals surface area contributed by atoms with Crippen LogP contribution >= 0.6 is 11.3 Å². The van der Waals surface area contributed by atoms with Gasteiger partial charge in [0.25, 0.3) is 11.1 Å². The van der Waals surface area contributed by atoms with Crippen LogP contribution in [0.2, 0.25) is 0 Å². The molecule has 35 heavy (non-hydrogen) atoms. The topological polar surface area (TPSA) is 91.4 Å². The van der Waals surface area contributed by atoms with E-state index >= 15 is 0 Å². The first-order valence-corrected chi connectivity index (χ1v) is 12.0. The molecule has 8 nitrogen and oxygen atoms in total. The van der Waals surface area contributed by atoms with Gasteiger partial charge in [0, 0.05) is 17.3 Å². The summed E-state index contributed by atoms with van der Waals surface area (Å²) in [6.07, 6.45) is 3.74. The number of rotatable bonds is 5. The first-order chi connectivity index (χ1) is 16.8.